The van der Waals surface area contributed by atoms with Crippen molar-refractivity contribution in [1.29, 1.82) is 0 Å². The average molecular weight is 389 g/mol. The molecule has 0 bridgehead atoms. The second-order valence-corrected chi connectivity index (χ2v) is 6.57. The third kappa shape index (κ3) is 9.06. The molecule has 4 atom stereocenters. The van der Waals surface area contributed by atoms with E-state index in [9.17, 15) is 5.11 Å². The van der Waals surface area contributed by atoms with Gasteiger partial charge in [-0.2, -0.15) is 0 Å². The maximum absolute atomic E-state index is 10.4. The Kier molecular flexibility index (Phi) is 11.7. The summed E-state index contributed by atoms with van der Waals surface area (Å²) in [6.07, 6.45) is 7.09. The summed E-state index contributed by atoms with van der Waals surface area (Å²) in [5.74, 6) is 0.680. The Morgan fingerprint density at radius 1 is 1.29 bits per heavy atom. The Morgan fingerprint density at radius 3 is 2.71 bits per heavy atom. The van der Waals surface area contributed by atoms with Crippen LogP contribution in [0.2, 0.25) is 0 Å². The zero-order chi connectivity index (χ0) is 20.8. The fourth-order valence-electron chi connectivity index (χ4n) is 2.73. The van der Waals surface area contributed by atoms with Crippen LogP contribution in [-0.4, -0.2) is 44.2 Å². The molecule has 0 heterocycles. The van der Waals surface area contributed by atoms with Gasteiger partial charge in [-0.05, 0) is 49.8 Å². The molecule has 0 aliphatic heterocycles. The van der Waals surface area contributed by atoms with Gasteiger partial charge in [0.05, 0.1) is 12.2 Å². The van der Waals surface area contributed by atoms with Crippen molar-refractivity contribution in [2.45, 2.75) is 44.5 Å². The van der Waals surface area contributed by atoms with E-state index in [1.54, 1.807) is 38.5 Å². The molecule has 7 nitrogen and oxygen atoms in total. The van der Waals surface area contributed by atoms with Crippen molar-refractivity contribution >= 4 is 5.69 Å². The number of nitrogens with zero attached hydrogens (tertiary/aromatic N) is 3. The first kappa shape index (κ1) is 23.7. The highest BCUT2D eigenvalue weighted by Gasteiger charge is 2.19. The standard InChI is InChI=1S/C21H31N3O4/c1-5-8-17(21(25)13-16(2)26-3)9-6-12-20(27-4)15-28-19-11-7-10-18(14-19)23-24-22/h5-7,10-12,14,16-17,20-21,25H,1,8-9,13,15H2,2-4H3/b12-6+/t16-,17+,20+,21-/m0/s1. The Hall–Kier alpha value is -2.31. The maximum Gasteiger partial charge on any atom is 0.119 e. The second-order valence-electron chi connectivity index (χ2n) is 6.57. The van der Waals surface area contributed by atoms with E-state index in [-0.39, 0.29) is 18.1 Å². The fraction of sp³-hybridized carbons (Fsp3) is 0.524. The Bertz CT molecular complexity index is 659. The van der Waals surface area contributed by atoms with E-state index in [0.29, 0.717) is 30.9 Å². The van der Waals surface area contributed by atoms with E-state index < -0.39 is 6.10 Å². The molecule has 1 aromatic rings. The molecular weight excluding hydrogens is 358 g/mol. The molecule has 0 radical (unpaired) electrons. The molecule has 0 amide bonds. The van der Waals surface area contributed by atoms with Gasteiger partial charge < -0.3 is 19.3 Å². The highest BCUT2D eigenvalue weighted by molar-refractivity contribution is 5.42. The van der Waals surface area contributed by atoms with Crippen LogP contribution in [0.15, 0.2) is 54.2 Å². The molecule has 28 heavy (non-hydrogen) atoms. The summed E-state index contributed by atoms with van der Waals surface area (Å²) in [6, 6.07) is 6.93. The molecule has 1 N–H and O–H groups in total. The summed E-state index contributed by atoms with van der Waals surface area (Å²) in [4.78, 5) is 2.77. The minimum atomic E-state index is -0.460. The molecule has 0 fully saturated rings. The minimum Gasteiger partial charge on any atom is -0.491 e. The number of hydrogen-bond donors (Lipinski definition) is 1. The molecule has 0 aliphatic rings. The van der Waals surface area contributed by atoms with E-state index >= 15 is 0 Å². The number of ether oxygens (including phenoxy) is 3. The predicted octanol–water partition coefficient (Wildman–Crippen LogP) is 4.95. The van der Waals surface area contributed by atoms with Crippen LogP contribution in [0.3, 0.4) is 0 Å². The van der Waals surface area contributed by atoms with Crippen LogP contribution < -0.4 is 4.74 Å². The first-order chi connectivity index (χ1) is 13.5. The number of rotatable bonds is 14. The molecule has 0 saturated carbocycles. The largest absolute Gasteiger partial charge is 0.491 e. The molecule has 0 aliphatic carbocycles. The van der Waals surface area contributed by atoms with Crippen molar-refractivity contribution in [2.24, 2.45) is 11.0 Å². The third-order valence-corrected chi connectivity index (χ3v) is 4.47. The molecule has 1 aromatic carbocycles. The number of azide groups is 1. The van der Waals surface area contributed by atoms with Crippen molar-refractivity contribution < 1.29 is 19.3 Å². The molecule has 154 valence electrons. The van der Waals surface area contributed by atoms with Gasteiger partial charge in [0.2, 0.25) is 0 Å². The van der Waals surface area contributed by atoms with Gasteiger partial charge in [0, 0.05) is 24.8 Å². The number of allylic oxidation sites excluding steroid dienone is 2. The van der Waals surface area contributed by atoms with Gasteiger partial charge in [0.1, 0.15) is 18.5 Å². The lowest BCUT2D eigenvalue weighted by Crippen LogP contribution is -2.25. The van der Waals surface area contributed by atoms with Gasteiger partial charge in [0.15, 0.2) is 0 Å². The minimum absolute atomic E-state index is 0.00699. The van der Waals surface area contributed by atoms with Gasteiger partial charge in [0.25, 0.3) is 0 Å². The summed E-state index contributed by atoms with van der Waals surface area (Å²) in [6.45, 7) is 6.05. The van der Waals surface area contributed by atoms with Crippen LogP contribution in [0, 0.1) is 5.92 Å². The summed E-state index contributed by atoms with van der Waals surface area (Å²) in [7, 11) is 3.26. The summed E-state index contributed by atoms with van der Waals surface area (Å²) >= 11 is 0. The molecule has 1 rings (SSSR count). The van der Waals surface area contributed by atoms with Crippen molar-refractivity contribution in [3.05, 3.63) is 59.5 Å². The molecule has 0 saturated heterocycles. The molecule has 0 spiro atoms. The summed E-state index contributed by atoms with van der Waals surface area (Å²) < 4.78 is 16.4. The van der Waals surface area contributed by atoms with Gasteiger partial charge in [-0.3, -0.25) is 0 Å². The fourth-order valence-corrected chi connectivity index (χ4v) is 2.73. The van der Waals surface area contributed by atoms with Crippen LogP contribution in [0.5, 0.6) is 5.75 Å². The van der Waals surface area contributed by atoms with Crippen molar-refractivity contribution in [1.82, 2.24) is 0 Å². The van der Waals surface area contributed by atoms with Crippen LogP contribution in [0.1, 0.15) is 26.2 Å². The Labute approximate surface area is 167 Å². The van der Waals surface area contributed by atoms with Gasteiger partial charge in [-0.1, -0.05) is 35.5 Å². The number of aliphatic hydroxyl groups is 1. The first-order valence-corrected chi connectivity index (χ1v) is 9.33. The van der Waals surface area contributed by atoms with Crippen molar-refractivity contribution in [2.75, 3.05) is 20.8 Å². The van der Waals surface area contributed by atoms with E-state index in [0.717, 1.165) is 6.42 Å². The van der Waals surface area contributed by atoms with Gasteiger partial charge in [-0.25, -0.2) is 0 Å². The number of hydrogen-bond acceptors (Lipinski definition) is 5. The summed E-state index contributed by atoms with van der Waals surface area (Å²) in [5.41, 5.74) is 9.00. The Balaban J connectivity index is 2.59. The molecular formula is C21H31N3O4. The average Bonchev–Trinajstić information content (AvgIpc) is 2.70. The Morgan fingerprint density at radius 2 is 2.07 bits per heavy atom. The molecule has 0 aromatic heterocycles. The SMILES string of the molecule is C=CC[C@H](C/C=C/[C@H](COc1cccc(N=[N+]=[N-])c1)OC)[C@@H](O)C[C@H](C)OC. The van der Waals surface area contributed by atoms with E-state index in [1.165, 1.54) is 0 Å². The highest BCUT2D eigenvalue weighted by atomic mass is 16.5. The highest BCUT2D eigenvalue weighted by Crippen LogP contribution is 2.21. The first-order valence-electron chi connectivity index (χ1n) is 9.33. The van der Waals surface area contributed by atoms with Gasteiger partial charge in [-0.15, -0.1) is 6.58 Å². The number of aliphatic hydroxyl groups excluding tert-OH is 1. The monoisotopic (exact) mass is 389 g/mol. The topological polar surface area (TPSA) is 96.7 Å². The van der Waals surface area contributed by atoms with Crippen LogP contribution >= 0.6 is 0 Å². The van der Waals surface area contributed by atoms with Crippen LogP contribution in [0.25, 0.3) is 10.4 Å². The zero-order valence-electron chi connectivity index (χ0n) is 16.9. The lowest BCUT2D eigenvalue weighted by atomic mass is 9.91. The molecule has 7 heteroatoms. The third-order valence-electron chi connectivity index (χ3n) is 4.47. The zero-order valence-corrected chi connectivity index (χ0v) is 16.9. The lowest BCUT2D eigenvalue weighted by Gasteiger charge is -2.23. The van der Waals surface area contributed by atoms with Crippen LogP contribution in [0.4, 0.5) is 5.69 Å². The van der Waals surface area contributed by atoms with Crippen LogP contribution in [-0.2, 0) is 9.47 Å². The summed E-state index contributed by atoms with van der Waals surface area (Å²) in [5, 5.41) is 14.0. The molecule has 0 unspecified atom stereocenters. The van der Waals surface area contributed by atoms with E-state index in [4.69, 9.17) is 19.7 Å². The number of benzene rings is 1. The van der Waals surface area contributed by atoms with Crippen molar-refractivity contribution in [3.63, 3.8) is 0 Å². The quantitative estimate of drug-likeness (QED) is 0.211. The maximum atomic E-state index is 10.4. The lowest BCUT2D eigenvalue weighted by molar-refractivity contribution is 0.0294. The second kappa shape index (κ2) is 13.8. The number of methoxy groups -OCH3 is 2. The van der Waals surface area contributed by atoms with E-state index in [1.807, 2.05) is 25.2 Å². The smallest absolute Gasteiger partial charge is 0.119 e. The van der Waals surface area contributed by atoms with E-state index in [2.05, 4.69) is 16.6 Å². The van der Waals surface area contributed by atoms with Crippen molar-refractivity contribution in [3.8, 4) is 5.75 Å². The normalized spacial score (nSPS) is 15.4. The van der Waals surface area contributed by atoms with Gasteiger partial charge >= 0.3 is 0 Å². The predicted molar refractivity (Wildman–Crippen MR) is 111 cm³/mol.